The van der Waals surface area contributed by atoms with Crippen molar-refractivity contribution >= 4 is 40.1 Å². The van der Waals surface area contributed by atoms with Crippen LogP contribution in [0.2, 0.25) is 0 Å². The first kappa shape index (κ1) is 13.3. The van der Waals surface area contributed by atoms with E-state index >= 15 is 0 Å². The van der Waals surface area contributed by atoms with Crippen LogP contribution in [0, 0.1) is 0 Å². The number of phenols is 1. The minimum atomic E-state index is -0.347. The van der Waals surface area contributed by atoms with E-state index < -0.39 is 0 Å². The third-order valence-electron chi connectivity index (χ3n) is 3.10. The molecular formula is C16H11NO3S. The molecule has 3 rings (SSSR count). The third-order valence-corrected chi connectivity index (χ3v) is 3.29. The summed E-state index contributed by atoms with van der Waals surface area (Å²) in [5.41, 5.74) is 0.932. The molecule has 0 unspecified atom stereocenters. The van der Waals surface area contributed by atoms with Gasteiger partial charge in [0.2, 0.25) is 0 Å². The molecule has 104 valence electrons. The zero-order valence-electron chi connectivity index (χ0n) is 10.9. The molecular weight excluding hydrogens is 286 g/mol. The summed E-state index contributed by atoms with van der Waals surface area (Å²) in [6, 6.07) is 11.0. The van der Waals surface area contributed by atoms with Crippen LogP contribution < -0.4 is 5.32 Å². The number of benzene rings is 2. The number of ether oxygens (including phenoxy) is 1. The van der Waals surface area contributed by atoms with Crippen molar-refractivity contribution in [3.8, 4) is 5.75 Å². The first-order valence-electron chi connectivity index (χ1n) is 6.27. The summed E-state index contributed by atoms with van der Waals surface area (Å²) >= 11 is 4.75. The minimum absolute atomic E-state index is 0.0646. The van der Waals surface area contributed by atoms with E-state index in [2.05, 4.69) is 5.32 Å². The summed E-state index contributed by atoms with van der Waals surface area (Å²) in [5, 5.41) is 14.0. The SMILES string of the molecule is O=C1NC(=S)OC1=CC=Cc1ccc(O)c2ccccc12. The number of phenolic OH excluding ortho intramolecular Hbond substituents is 1. The van der Waals surface area contributed by atoms with Crippen molar-refractivity contribution in [3.05, 3.63) is 59.9 Å². The van der Waals surface area contributed by atoms with Crippen LogP contribution in [0.15, 0.2) is 54.3 Å². The van der Waals surface area contributed by atoms with Gasteiger partial charge in [0, 0.05) is 5.39 Å². The second-order valence-electron chi connectivity index (χ2n) is 4.45. The highest BCUT2D eigenvalue weighted by atomic mass is 32.1. The Hall–Kier alpha value is -2.66. The van der Waals surface area contributed by atoms with Gasteiger partial charge < -0.3 is 9.84 Å². The highest BCUT2D eigenvalue weighted by Gasteiger charge is 2.21. The number of rotatable bonds is 2. The van der Waals surface area contributed by atoms with Crippen molar-refractivity contribution in [2.45, 2.75) is 0 Å². The standard InChI is InChI=1S/C16H11NO3S/c18-13-9-8-10(11-5-1-2-6-12(11)13)4-3-7-14-15(19)17-16(21)20-14/h1-9,18H,(H,17,19,21). The van der Waals surface area contributed by atoms with Gasteiger partial charge in [-0.1, -0.05) is 42.5 Å². The van der Waals surface area contributed by atoms with Gasteiger partial charge in [-0.15, -0.1) is 0 Å². The largest absolute Gasteiger partial charge is 0.507 e. The summed E-state index contributed by atoms with van der Waals surface area (Å²) < 4.78 is 5.06. The summed E-state index contributed by atoms with van der Waals surface area (Å²) in [5.74, 6) is 0.0597. The maximum Gasteiger partial charge on any atom is 0.294 e. The number of hydrogen-bond acceptors (Lipinski definition) is 4. The Morgan fingerprint density at radius 2 is 1.90 bits per heavy atom. The number of amides is 1. The van der Waals surface area contributed by atoms with E-state index in [-0.39, 0.29) is 22.6 Å². The molecule has 0 aliphatic carbocycles. The predicted octanol–water partition coefficient (Wildman–Crippen LogP) is 2.87. The van der Waals surface area contributed by atoms with Crippen molar-refractivity contribution in [1.82, 2.24) is 5.32 Å². The molecule has 2 aromatic carbocycles. The number of thiocarbonyl (C=S) groups is 1. The lowest BCUT2D eigenvalue weighted by Crippen LogP contribution is -2.18. The Bertz CT molecular complexity index is 808. The number of allylic oxidation sites excluding steroid dienone is 2. The van der Waals surface area contributed by atoms with Gasteiger partial charge >= 0.3 is 0 Å². The van der Waals surface area contributed by atoms with Crippen molar-refractivity contribution in [3.63, 3.8) is 0 Å². The lowest BCUT2D eigenvalue weighted by Gasteiger charge is -2.04. The van der Waals surface area contributed by atoms with Crippen LogP contribution in [-0.2, 0) is 9.53 Å². The Kier molecular flexibility index (Phi) is 3.41. The second kappa shape index (κ2) is 5.38. The zero-order valence-corrected chi connectivity index (χ0v) is 11.7. The molecule has 2 aromatic rings. The molecule has 5 heteroatoms. The molecule has 4 nitrogen and oxygen atoms in total. The van der Waals surface area contributed by atoms with Gasteiger partial charge in [-0.25, -0.2) is 0 Å². The van der Waals surface area contributed by atoms with Crippen LogP contribution in [0.1, 0.15) is 5.56 Å². The first-order valence-corrected chi connectivity index (χ1v) is 6.68. The lowest BCUT2D eigenvalue weighted by molar-refractivity contribution is -0.116. The maximum atomic E-state index is 11.4. The van der Waals surface area contributed by atoms with Crippen LogP contribution in [0.3, 0.4) is 0 Å². The minimum Gasteiger partial charge on any atom is -0.507 e. The molecule has 0 spiro atoms. The summed E-state index contributed by atoms with van der Waals surface area (Å²) in [7, 11) is 0. The van der Waals surface area contributed by atoms with E-state index in [1.807, 2.05) is 36.4 Å². The van der Waals surface area contributed by atoms with Crippen molar-refractivity contribution < 1.29 is 14.6 Å². The lowest BCUT2D eigenvalue weighted by atomic mass is 10.0. The van der Waals surface area contributed by atoms with E-state index in [1.165, 1.54) is 0 Å². The molecule has 0 atom stereocenters. The van der Waals surface area contributed by atoms with Gasteiger partial charge in [-0.2, -0.15) is 0 Å². The topological polar surface area (TPSA) is 58.6 Å². The Labute approximate surface area is 126 Å². The summed E-state index contributed by atoms with van der Waals surface area (Å²) in [4.78, 5) is 11.4. The zero-order chi connectivity index (χ0) is 14.8. The molecule has 1 amide bonds. The molecule has 0 aromatic heterocycles. The highest BCUT2D eigenvalue weighted by molar-refractivity contribution is 7.80. The number of aromatic hydroxyl groups is 1. The quantitative estimate of drug-likeness (QED) is 0.661. The Morgan fingerprint density at radius 1 is 1.14 bits per heavy atom. The van der Waals surface area contributed by atoms with Crippen molar-refractivity contribution in [1.29, 1.82) is 0 Å². The molecule has 2 N–H and O–H groups in total. The van der Waals surface area contributed by atoms with Gasteiger partial charge in [-0.3, -0.25) is 10.1 Å². The molecule has 1 fully saturated rings. The maximum absolute atomic E-state index is 11.4. The van der Waals surface area contributed by atoms with Crippen LogP contribution >= 0.6 is 12.2 Å². The van der Waals surface area contributed by atoms with Crippen molar-refractivity contribution in [2.24, 2.45) is 0 Å². The molecule has 0 radical (unpaired) electrons. The number of carbonyl (C=O) groups excluding carboxylic acids is 1. The fourth-order valence-electron chi connectivity index (χ4n) is 2.13. The predicted molar refractivity (Wildman–Crippen MR) is 84.6 cm³/mol. The number of hydrogen-bond donors (Lipinski definition) is 2. The van der Waals surface area contributed by atoms with Crippen LogP contribution in [0.5, 0.6) is 5.75 Å². The van der Waals surface area contributed by atoms with Crippen molar-refractivity contribution in [2.75, 3.05) is 0 Å². The molecule has 1 saturated heterocycles. The number of fused-ring (bicyclic) bond motifs is 1. The van der Waals surface area contributed by atoms with E-state index in [0.717, 1.165) is 16.3 Å². The summed E-state index contributed by atoms with van der Waals surface area (Å²) in [6.45, 7) is 0. The fraction of sp³-hybridized carbons (Fsp3) is 0. The smallest absolute Gasteiger partial charge is 0.294 e. The highest BCUT2D eigenvalue weighted by Crippen LogP contribution is 2.28. The van der Waals surface area contributed by atoms with Gasteiger partial charge in [0.25, 0.3) is 11.1 Å². The molecule has 0 saturated carbocycles. The molecule has 21 heavy (non-hydrogen) atoms. The Morgan fingerprint density at radius 3 is 2.62 bits per heavy atom. The van der Waals surface area contributed by atoms with Crippen LogP contribution in [0.25, 0.3) is 16.8 Å². The molecule has 1 aliphatic heterocycles. The second-order valence-corrected chi connectivity index (χ2v) is 4.82. The van der Waals surface area contributed by atoms with E-state index in [9.17, 15) is 9.90 Å². The Balaban J connectivity index is 1.94. The van der Waals surface area contributed by atoms with E-state index in [4.69, 9.17) is 17.0 Å². The molecule has 1 heterocycles. The monoisotopic (exact) mass is 297 g/mol. The van der Waals surface area contributed by atoms with Gasteiger partial charge in [0.05, 0.1) is 0 Å². The van der Waals surface area contributed by atoms with Gasteiger partial charge in [0.15, 0.2) is 5.76 Å². The fourth-order valence-corrected chi connectivity index (χ4v) is 2.31. The average Bonchev–Trinajstić information content (AvgIpc) is 2.80. The number of carbonyl (C=O) groups is 1. The van der Waals surface area contributed by atoms with Gasteiger partial charge in [-0.05, 0) is 35.3 Å². The molecule has 0 bridgehead atoms. The van der Waals surface area contributed by atoms with Crippen LogP contribution in [-0.4, -0.2) is 16.2 Å². The molecule has 1 aliphatic rings. The average molecular weight is 297 g/mol. The van der Waals surface area contributed by atoms with E-state index in [0.29, 0.717) is 0 Å². The first-order chi connectivity index (χ1) is 10.1. The third kappa shape index (κ3) is 2.64. The van der Waals surface area contributed by atoms with E-state index in [1.54, 1.807) is 18.2 Å². The van der Waals surface area contributed by atoms with Gasteiger partial charge in [0.1, 0.15) is 5.75 Å². The van der Waals surface area contributed by atoms with Crippen LogP contribution in [0.4, 0.5) is 0 Å². The summed E-state index contributed by atoms with van der Waals surface area (Å²) in [6.07, 6.45) is 5.10. The number of nitrogens with one attached hydrogen (secondary N) is 1. The normalized spacial score (nSPS) is 16.7.